The Morgan fingerprint density at radius 1 is 1.21 bits per heavy atom. The molecule has 0 amide bonds. The third-order valence-electron chi connectivity index (χ3n) is 2.35. The number of hydrogen-bond acceptors (Lipinski definition) is 6. The van der Waals surface area contributed by atoms with Crippen molar-refractivity contribution in [1.82, 2.24) is 0 Å². The van der Waals surface area contributed by atoms with E-state index < -0.39 is 45.9 Å². The summed E-state index contributed by atoms with van der Waals surface area (Å²) in [6.07, 6.45) is -4.25. The van der Waals surface area contributed by atoms with E-state index >= 15 is 0 Å². The lowest BCUT2D eigenvalue weighted by Gasteiger charge is -2.16. The summed E-state index contributed by atoms with van der Waals surface area (Å²) in [4.78, 5) is 31.1. The molecule has 0 saturated heterocycles. The summed E-state index contributed by atoms with van der Waals surface area (Å²) in [6, 6.07) is 2.47. The molecule has 9 heteroatoms. The van der Waals surface area contributed by atoms with E-state index in [1.54, 1.807) is 0 Å². The molecule has 0 spiro atoms. The van der Waals surface area contributed by atoms with Crippen molar-refractivity contribution in [3.63, 3.8) is 0 Å². The number of aliphatic carboxylic acids is 1. The molecule has 0 bridgehead atoms. The quantitative estimate of drug-likeness (QED) is 0.422. The van der Waals surface area contributed by atoms with Crippen LogP contribution in [0.2, 0.25) is 0 Å². The lowest BCUT2D eigenvalue weighted by Crippen LogP contribution is -2.28. The third kappa shape index (κ3) is 3.03. The summed E-state index contributed by atoms with van der Waals surface area (Å²) < 4.78 is 0. The molecule has 0 fully saturated rings. The maximum atomic E-state index is 10.9. The molecule has 0 radical (unpaired) electrons. The van der Waals surface area contributed by atoms with Gasteiger partial charge < -0.3 is 20.4 Å². The molecule has 0 aliphatic carbocycles. The van der Waals surface area contributed by atoms with Crippen LogP contribution in [-0.2, 0) is 4.79 Å². The molecule has 102 valence electrons. The first-order valence-electron chi connectivity index (χ1n) is 4.86. The van der Waals surface area contributed by atoms with Crippen molar-refractivity contribution in [2.24, 2.45) is 0 Å². The first-order chi connectivity index (χ1) is 8.75. The highest BCUT2D eigenvalue weighted by atomic mass is 16.6. The first-order valence-corrected chi connectivity index (χ1v) is 4.86. The number of carboxylic acids is 2. The fourth-order valence-corrected chi connectivity index (χ4v) is 1.41. The van der Waals surface area contributed by atoms with E-state index in [9.17, 15) is 24.8 Å². The average molecular weight is 271 g/mol. The number of carboxylic acid groups (broad SMARTS) is 2. The van der Waals surface area contributed by atoms with Gasteiger partial charge in [-0.05, 0) is 11.6 Å². The summed E-state index contributed by atoms with van der Waals surface area (Å²) in [5.41, 5.74) is -1.60. The van der Waals surface area contributed by atoms with Crippen LogP contribution in [-0.4, -0.2) is 43.4 Å². The van der Waals surface area contributed by atoms with Crippen LogP contribution in [0, 0.1) is 10.1 Å². The minimum absolute atomic E-state index is 0.423. The second-order valence-electron chi connectivity index (χ2n) is 3.56. The monoisotopic (exact) mass is 271 g/mol. The van der Waals surface area contributed by atoms with Gasteiger partial charge in [-0.1, -0.05) is 0 Å². The van der Waals surface area contributed by atoms with Crippen LogP contribution in [0.25, 0.3) is 0 Å². The molecule has 9 nitrogen and oxygen atoms in total. The van der Waals surface area contributed by atoms with Crippen LogP contribution >= 0.6 is 0 Å². The minimum Gasteiger partial charge on any atom is -0.479 e. The Hall–Kier alpha value is -2.52. The predicted octanol–water partition coefficient (Wildman–Crippen LogP) is -0.228. The van der Waals surface area contributed by atoms with E-state index in [2.05, 4.69) is 0 Å². The van der Waals surface area contributed by atoms with E-state index in [1.807, 2.05) is 0 Å². The number of nitro benzene ring substituents is 1. The smallest absolute Gasteiger partial charge is 0.336 e. The molecular weight excluding hydrogens is 262 g/mol. The second kappa shape index (κ2) is 5.42. The van der Waals surface area contributed by atoms with Crippen LogP contribution in [0.1, 0.15) is 22.0 Å². The molecule has 2 unspecified atom stereocenters. The number of benzene rings is 1. The average Bonchev–Trinajstić information content (AvgIpc) is 2.35. The van der Waals surface area contributed by atoms with Gasteiger partial charge >= 0.3 is 11.9 Å². The highest BCUT2D eigenvalue weighted by Crippen LogP contribution is 2.25. The predicted molar refractivity (Wildman–Crippen MR) is 58.7 cm³/mol. The fourth-order valence-electron chi connectivity index (χ4n) is 1.41. The summed E-state index contributed by atoms with van der Waals surface area (Å²) in [5, 5.41) is 46.6. The first kappa shape index (κ1) is 14.5. The number of rotatable bonds is 5. The molecular formula is C10H9NO8. The molecule has 0 aliphatic heterocycles. The van der Waals surface area contributed by atoms with Gasteiger partial charge in [0.25, 0.3) is 5.69 Å². The van der Waals surface area contributed by atoms with Crippen LogP contribution in [0.5, 0.6) is 0 Å². The molecule has 1 rings (SSSR count). The van der Waals surface area contributed by atoms with Crippen LogP contribution in [0.15, 0.2) is 18.2 Å². The van der Waals surface area contributed by atoms with Crippen molar-refractivity contribution >= 4 is 17.6 Å². The zero-order chi connectivity index (χ0) is 14.7. The van der Waals surface area contributed by atoms with E-state index in [1.165, 1.54) is 0 Å². The topological polar surface area (TPSA) is 158 Å². The van der Waals surface area contributed by atoms with Gasteiger partial charge in [-0.15, -0.1) is 0 Å². The summed E-state index contributed by atoms with van der Waals surface area (Å²) >= 11 is 0. The zero-order valence-corrected chi connectivity index (χ0v) is 9.26. The highest BCUT2D eigenvalue weighted by Gasteiger charge is 2.29. The number of aromatic carboxylic acids is 1. The Morgan fingerprint density at radius 3 is 2.21 bits per heavy atom. The molecule has 4 N–H and O–H groups in total. The van der Waals surface area contributed by atoms with Gasteiger partial charge in [0.15, 0.2) is 6.10 Å². The Balaban J connectivity index is 3.31. The maximum absolute atomic E-state index is 10.9. The number of hydrogen-bond donors (Lipinski definition) is 4. The van der Waals surface area contributed by atoms with Gasteiger partial charge in [0.2, 0.25) is 0 Å². The Morgan fingerprint density at radius 2 is 1.79 bits per heavy atom. The van der Waals surface area contributed by atoms with Crippen molar-refractivity contribution in [3.8, 4) is 0 Å². The second-order valence-corrected chi connectivity index (χ2v) is 3.56. The van der Waals surface area contributed by atoms with Crippen molar-refractivity contribution < 1.29 is 34.9 Å². The molecule has 0 saturated carbocycles. The lowest BCUT2D eigenvalue weighted by molar-refractivity contribution is -0.384. The normalized spacial score (nSPS) is 13.6. The van der Waals surface area contributed by atoms with Crippen molar-refractivity contribution in [2.45, 2.75) is 12.2 Å². The molecule has 1 aromatic rings. The highest BCUT2D eigenvalue weighted by molar-refractivity contribution is 5.90. The van der Waals surface area contributed by atoms with Gasteiger partial charge in [-0.3, -0.25) is 10.1 Å². The standard InChI is InChI=1S/C10H9NO8/c12-7(8(13)10(16)17)5-2-1-4(11(18)19)3-6(5)9(14)15/h1-3,7-8,12-13H,(H,14,15)(H,16,17). The van der Waals surface area contributed by atoms with E-state index in [0.717, 1.165) is 12.1 Å². The Bertz CT molecular complexity index is 540. The fraction of sp³-hybridized carbons (Fsp3) is 0.200. The number of nitrogens with zero attached hydrogens (tertiary/aromatic N) is 1. The van der Waals surface area contributed by atoms with Crippen molar-refractivity contribution in [2.75, 3.05) is 0 Å². The number of aliphatic hydroxyl groups excluding tert-OH is 2. The molecule has 0 aromatic heterocycles. The maximum Gasteiger partial charge on any atom is 0.336 e. The molecule has 1 aromatic carbocycles. The van der Waals surface area contributed by atoms with E-state index in [-0.39, 0.29) is 0 Å². The molecule has 0 heterocycles. The number of carbonyl (C=O) groups is 2. The third-order valence-corrected chi connectivity index (χ3v) is 2.35. The van der Waals surface area contributed by atoms with Gasteiger partial charge in [0, 0.05) is 12.1 Å². The summed E-state index contributed by atoms with van der Waals surface area (Å²) in [7, 11) is 0. The van der Waals surface area contributed by atoms with E-state index in [4.69, 9.17) is 15.3 Å². The summed E-state index contributed by atoms with van der Waals surface area (Å²) in [6.45, 7) is 0. The van der Waals surface area contributed by atoms with Gasteiger partial charge in [0.05, 0.1) is 10.5 Å². The van der Waals surface area contributed by atoms with Crippen LogP contribution in [0.4, 0.5) is 5.69 Å². The van der Waals surface area contributed by atoms with Crippen molar-refractivity contribution in [1.29, 1.82) is 0 Å². The number of non-ortho nitro benzene ring substituents is 1. The zero-order valence-electron chi connectivity index (χ0n) is 9.26. The Kier molecular flexibility index (Phi) is 4.14. The SMILES string of the molecule is O=C(O)c1cc([N+](=O)[O-])ccc1C(O)C(O)C(=O)O. The van der Waals surface area contributed by atoms with E-state index in [0.29, 0.717) is 6.07 Å². The number of aliphatic hydroxyl groups is 2. The molecule has 19 heavy (non-hydrogen) atoms. The van der Waals surface area contributed by atoms with Crippen LogP contribution < -0.4 is 0 Å². The Labute approximate surface area is 105 Å². The van der Waals surface area contributed by atoms with Gasteiger partial charge in [-0.25, -0.2) is 9.59 Å². The minimum atomic E-state index is -2.24. The van der Waals surface area contributed by atoms with Gasteiger partial charge in [-0.2, -0.15) is 0 Å². The largest absolute Gasteiger partial charge is 0.479 e. The lowest BCUT2D eigenvalue weighted by atomic mass is 9.98. The van der Waals surface area contributed by atoms with Gasteiger partial charge in [0.1, 0.15) is 6.10 Å². The summed E-state index contributed by atoms with van der Waals surface area (Å²) in [5.74, 6) is -3.34. The molecule has 0 aliphatic rings. The van der Waals surface area contributed by atoms with Crippen LogP contribution in [0.3, 0.4) is 0 Å². The number of nitro groups is 1. The van der Waals surface area contributed by atoms with Crippen molar-refractivity contribution in [3.05, 3.63) is 39.4 Å². The molecule has 2 atom stereocenters.